The Morgan fingerprint density at radius 1 is 1.00 bits per heavy atom. The van der Waals surface area contributed by atoms with Gasteiger partial charge in [0.2, 0.25) is 0 Å². The predicted molar refractivity (Wildman–Crippen MR) is 80.8 cm³/mol. The number of rotatable bonds is 3. The van der Waals surface area contributed by atoms with Crippen LogP contribution in [0.1, 0.15) is 11.1 Å². The van der Waals surface area contributed by atoms with Crippen LogP contribution < -0.4 is 35.3 Å². The van der Waals surface area contributed by atoms with Crippen molar-refractivity contribution in [2.24, 2.45) is 10.2 Å². The summed E-state index contributed by atoms with van der Waals surface area (Å²) in [6.45, 7) is 3.54. The van der Waals surface area contributed by atoms with E-state index in [0.29, 0.717) is 16.9 Å². The summed E-state index contributed by atoms with van der Waals surface area (Å²) in [6, 6.07) is 9.65. The molecule has 110 valence electrons. The first-order chi connectivity index (χ1) is 9.77. The number of benzene rings is 2. The summed E-state index contributed by atoms with van der Waals surface area (Å²) in [4.78, 5) is -0.264. The quantitative estimate of drug-likeness (QED) is 0.371. The minimum absolute atomic E-state index is 0. The summed E-state index contributed by atoms with van der Waals surface area (Å²) >= 11 is 0. The summed E-state index contributed by atoms with van der Waals surface area (Å²) in [5.41, 5.74) is 8.44. The molecule has 6 nitrogen and oxygen atoms in total. The van der Waals surface area contributed by atoms with E-state index in [0.717, 1.165) is 5.56 Å². The minimum Gasteiger partial charge on any atom is -0.399 e. The van der Waals surface area contributed by atoms with E-state index >= 15 is 0 Å². The third-order valence-electron chi connectivity index (χ3n) is 2.88. The fourth-order valence-corrected chi connectivity index (χ4v) is 2.52. The van der Waals surface area contributed by atoms with Crippen molar-refractivity contribution >= 4 is 27.2 Å². The first-order valence-corrected chi connectivity index (χ1v) is 7.57. The average molecular weight is 328 g/mol. The molecule has 0 bridgehead atoms. The van der Waals surface area contributed by atoms with Crippen LogP contribution >= 0.6 is 0 Å². The first-order valence-electron chi connectivity index (χ1n) is 6.13. The molecule has 0 spiro atoms. The number of aryl methyl sites for hydroxylation is 2. The molecule has 0 aliphatic heterocycles. The molecule has 2 aromatic carbocycles. The van der Waals surface area contributed by atoms with Crippen LogP contribution in [0.5, 0.6) is 0 Å². The zero-order valence-electron chi connectivity index (χ0n) is 12.6. The van der Waals surface area contributed by atoms with Crippen molar-refractivity contribution in [3.05, 3.63) is 47.5 Å². The molecule has 2 aromatic rings. The van der Waals surface area contributed by atoms with E-state index in [1.54, 1.807) is 31.2 Å². The van der Waals surface area contributed by atoms with E-state index < -0.39 is 10.1 Å². The molecule has 8 heteroatoms. The fourth-order valence-electron chi connectivity index (χ4n) is 1.81. The third-order valence-corrected chi connectivity index (χ3v) is 3.76. The Balaban J connectivity index is 0.00000242. The van der Waals surface area contributed by atoms with Crippen LogP contribution in [0, 0.1) is 13.8 Å². The molecule has 0 saturated carbocycles. The maximum atomic E-state index is 11.4. The van der Waals surface area contributed by atoms with Gasteiger partial charge in [0.15, 0.2) is 0 Å². The largest absolute Gasteiger partial charge is 1.00 e. The molecule has 0 aromatic heterocycles. The van der Waals surface area contributed by atoms with Crippen LogP contribution in [0.3, 0.4) is 0 Å². The summed E-state index contributed by atoms with van der Waals surface area (Å²) in [5, 5.41) is 7.93. The van der Waals surface area contributed by atoms with Crippen molar-refractivity contribution in [1.82, 2.24) is 0 Å². The van der Waals surface area contributed by atoms with Crippen LogP contribution in [0.25, 0.3) is 0 Å². The maximum Gasteiger partial charge on any atom is 1.00 e. The predicted octanol–water partition coefficient (Wildman–Crippen LogP) is 0.552. The van der Waals surface area contributed by atoms with Gasteiger partial charge in [-0.3, -0.25) is 4.55 Å². The van der Waals surface area contributed by atoms with E-state index in [2.05, 4.69) is 10.2 Å². The molecule has 0 atom stereocenters. The van der Waals surface area contributed by atoms with Gasteiger partial charge in [-0.05, 0) is 55.3 Å². The molecule has 22 heavy (non-hydrogen) atoms. The number of nitrogens with two attached hydrogens (primary N) is 1. The average Bonchev–Trinajstić information content (AvgIpc) is 2.38. The smallest absolute Gasteiger partial charge is 0.399 e. The van der Waals surface area contributed by atoms with E-state index in [1.165, 1.54) is 12.1 Å². The van der Waals surface area contributed by atoms with Gasteiger partial charge >= 0.3 is 29.6 Å². The molecular weight excluding hydrogens is 313 g/mol. The van der Waals surface area contributed by atoms with Gasteiger partial charge in [-0.25, -0.2) is 0 Å². The van der Waals surface area contributed by atoms with Crippen LogP contribution in [0.4, 0.5) is 17.1 Å². The molecule has 2 rings (SSSR count). The van der Waals surface area contributed by atoms with Crippen molar-refractivity contribution in [2.75, 3.05) is 5.73 Å². The van der Waals surface area contributed by atoms with Crippen LogP contribution in [0.2, 0.25) is 0 Å². The van der Waals surface area contributed by atoms with Crippen molar-refractivity contribution in [2.45, 2.75) is 18.7 Å². The maximum absolute atomic E-state index is 11.4. The Bertz CT molecular complexity index is 820. The minimum atomic E-state index is -4.35. The summed E-state index contributed by atoms with van der Waals surface area (Å²) < 4.78 is 32.0. The van der Waals surface area contributed by atoms with E-state index in [9.17, 15) is 13.0 Å². The van der Waals surface area contributed by atoms with Gasteiger partial charge in [0, 0.05) is 5.69 Å². The molecule has 0 aliphatic carbocycles. The van der Waals surface area contributed by atoms with Gasteiger partial charge in [-0.1, -0.05) is 6.07 Å². The van der Waals surface area contributed by atoms with Gasteiger partial charge in [0.25, 0.3) is 10.1 Å². The number of anilines is 1. The van der Waals surface area contributed by atoms with Crippen LogP contribution in [0.15, 0.2) is 51.5 Å². The molecule has 0 fully saturated rings. The molecule has 0 unspecified atom stereocenters. The second kappa shape index (κ2) is 7.34. The Morgan fingerprint density at radius 3 is 2.18 bits per heavy atom. The Kier molecular flexibility index (Phi) is 6.27. The molecule has 0 aliphatic rings. The van der Waals surface area contributed by atoms with Gasteiger partial charge in [-0.15, -0.1) is 5.11 Å². The zero-order chi connectivity index (χ0) is 15.6. The van der Waals surface area contributed by atoms with Gasteiger partial charge < -0.3 is 5.73 Å². The molecule has 0 heterocycles. The number of hydrogen-bond donors (Lipinski definition) is 2. The monoisotopic (exact) mass is 328 g/mol. The molecule has 0 amide bonds. The SMILES string of the molecule is Cc1ccc(N=Nc2ccc(N)cc2C)c(S(=O)(=O)O)c1.[Na+]. The van der Waals surface area contributed by atoms with Crippen molar-refractivity contribution in [3.63, 3.8) is 0 Å². The molecular formula is C14H15N3NaO3S+. The first kappa shape index (κ1) is 18.8. The summed E-state index contributed by atoms with van der Waals surface area (Å²) in [6.07, 6.45) is 0. The van der Waals surface area contributed by atoms with E-state index in [-0.39, 0.29) is 40.1 Å². The topological polar surface area (TPSA) is 105 Å². The fraction of sp³-hybridized carbons (Fsp3) is 0.143. The van der Waals surface area contributed by atoms with E-state index in [1.807, 2.05) is 6.92 Å². The normalized spacial score (nSPS) is 11.4. The zero-order valence-corrected chi connectivity index (χ0v) is 15.4. The molecule has 0 radical (unpaired) electrons. The standard InChI is InChI=1S/C14H15N3O3S.Na/c1-9-3-5-13(14(7-9)21(18,19)20)17-16-12-6-4-11(15)8-10(12)2;/h3-8H,15H2,1-2H3,(H,18,19,20);/q;+1. The molecule has 3 N–H and O–H groups in total. The van der Waals surface area contributed by atoms with Crippen LogP contribution in [-0.4, -0.2) is 13.0 Å². The number of azo groups is 1. The second-order valence-corrected chi connectivity index (χ2v) is 6.08. The number of nitrogens with zero attached hydrogens (tertiary/aromatic N) is 2. The van der Waals surface area contributed by atoms with Crippen LogP contribution in [-0.2, 0) is 10.1 Å². The summed E-state index contributed by atoms with van der Waals surface area (Å²) in [5.74, 6) is 0. The van der Waals surface area contributed by atoms with Crippen molar-refractivity contribution < 1.29 is 42.5 Å². The van der Waals surface area contributed by atoms with Gasteiger partial charge in [0.05, 0.1) is 5.69 Å². The number of hydrogen-bond acceptors (Lipinski definition) is 5. The number of nitrogen functional groups attached to an aromatic ring is 1. The van der Waals surface area contributed by atoms with Crippen molar-refractivity contribution in [3.8, 4) is 0 Å². The Labute approximate surface area is 151 Å². The van der Waals surface area contributed by atoms with Crippen molar-refractivity contribution in [1.29, 1.82) is 0 Å². The Hall–Kier alpha value is -1.25. The molecule has 0 saturated heterocycles. The Morgan fingerprint density at radius 2 is 1.59 bits per heavy atom. The van der Waals surface area contributed by atoms with Gasteiger partial charge in [0.1, 0.15) is 10.6 Å². The second-order valence-electron chi connectivity index (χ2n) is 4.69. The van der Waals surface area contributed by atoms with Gasteiger partial charge in [-0.2, -0.15) is 13.5 Å². The third kappa shape index (κ3) is 4.62. The van der Waals surface area contributed by atoms with E-state index in [4.69, 9.17) is 5.73 Å². The summed E-state index contributed by atoms with van der Waals surface area (Å²) in [7, 11) is -4.35.